The molecule has 0 aliphatic heterocycles. The number of aromatic nitrogens is 4. The van der Waals surface area contributed by atoms with Crippen LogP contribution in [0.5, 0.6) is 0 Å². The topological polar surface area (TPSA) is 208 Å². The summed E-state index contributed by atoms with van der Waals surface area (Å²) in [5.74, 6) is -3.30. The SMILES string of the molecule is CC(C)C(NC(=O)C(N)Cc1cnc[nH]1)C(=O)NCC(=O)NC(Cc1cnc[nH]1)C(=O)O. The molecule has 2 aromatic rings. The lowest BCUT2D eigenvalue weighted by atomic mass is 10.0. The Hall–Kier alpha value is -3.74. The fourth-order valence-electron chi connectivity index (χ4n) is 2.86. The van der Waals surface area contributed by atoms with Crippen LogP contribution in [0.15, 0.2) is 25.0 Å². The zero-order valence-electron chi connectivity index (χ0n) is 17.8. The van der Waals surface area contributed by atoms with E-state index < -0.39 is 48.4 Å². The van der Waals surface area contributed by atoms with Crippen molar-refractivity contribution in [1.82, 2.24) is 35.9 Å². The summed E-state index contributed by atoms with van der Waals surface area (Å²) in [4.78, 5) is 61.8. The van der Waals surface area contributed by atoms with Crippen molar-refractivity contribution in [3.8, 4) is 0 Å². The highest BCUT2D eigenvalue weighted by Crippen LogP contribution is 2.04. The van der Waals surface area contributed by atoms with Crippen molar-refractivity contribution in [3.63, 3.8) is 0 Å². The maximum absolute atomic E-state index is 12.5. The molecule has 3 amide bonds. The number of carboxylic acid groups (broad SMARTS) is 1. The quantitative estimate of drug-likeness (QED) is 0.194. The van der Waals surface area contributed by atoms with Gasteiger partial charge < -0.3 is 36.8 Å². The molecule has 0 saturated heterocycles. The van der Waals surface area contributed by atoms with Gasteiger partial charge in [-0.15, -0.1) is 0 Å². The van der Waals surface area contributed by atoms with Crippen molar-refractivity contribution < 1.29 is 24.3 Å². The first-order chi connectivity index (χ1) is 15.2. The van der Waals surface area contributed by atoms with Gasteiger partial charge in [-0.05, 0) is 5.92 Å². The lowest BCUT2D eigenvalue weighted by molar-refractivity contribution is -0.141. The van der Waals surface area contributed by atoms with Crippen LogP contribution in [0.25, 0.3) is 0 Å². The monoisotopic (exact) mass is 448 g/mol. The van der Waals surface area contributed by atoms with Gasteiger partial charge in [-0.25, -0.2) is 14.8 Å². The number of aliphatic carboxylic acids is 1. The molecule has 0 saturated carbocycles. The fraction of sp³-hybridized carbons (Fsp3) is 0.474. The molecule has 0 aromatic carbocycles. The van der Waals surface area contributed by atoms with E-state index in [2.05, 4.69) is 35.9 Å². The van der Waals surface area contributed by atoms with Crippen LogP contribution in [-0.2, 0) is 32.0 Å². The maximum atomic E-state index is 12.5. The van der Waals surface area contributed by atoms with Crippen LogP contribution in [0.4, 0.5) is 0 Å². The van der Waals surface area contributed by atoms with E-state index in [1.807, 2.05) is 0 Å². The first-order valence-electron chi connectivity index (χ1n) is 9.97. The largest absolute Gasteiger partial charge is 0.480 e. The van der Waals surface area contributed by atoms with Gasteiger partial charge in [0.25, 0.3) is 0 Å². The van der Waals surface area contributed by atoms with E-state index in [0.29, 0.717) is 11.4 Å². The zero-order valence-corrected chi connectivity index (χ0v) is 17.8. The normalized spacial score (nSPS) is 13.8. The van der Waals surface area contributed by atoms with Crippen LogP contribution in [0.3, 0.4) is 0 Å². The number of H-pyrrole nitrogens is 2. The molecular weight excluding hydrogens is 420 g/mol. The predicted octanol–water partition coefficient (Wildman–Crippen LogP) is -1.93. The molecule has 0 radical (unpaired) electrons. The molecule has 2 heterocycles. The summed E-state index contributed by atoms with van der Waals surface area (Å²) in [6, 6.07) is -3.02. The number of carbonyl (C=O) groups excluding carboxylic acids is 3. The predicted molar refractivity (Wildman–Crippen MR) is 112 cm³/mol. The third-order valence-corrected chi connectivity index (χ3v) is 4.61. The van der Waals surface area contributed by atoms with Gasteiger partial charge in [0.1, 0.15) is 12.1 Å². The highest BCUT2D eigenvalue weighted by Gasteiger charge is 2.27. The molecule has 0 aliphatic carbocycles. The summed E-state index contributed by atoms with van der Waals surface area (Å²) in [6.07, 6.45) is 6.10. The highest BCUT2D eigenvalue weighted by atomic mass is 16.4. The van der Waals surface area contributed by atoms with Crippen LogP contribution in [0.2, 0.25) is 0 Å². The van der Waals surface area contributed by atoms with Crippen molar-refractivity contribution in [2.45, 2.75) is 44.8 Å². The Bertz CT molecular complexity index is 897. The number of carboxylic acids is 1. The number of rotatable bonds is 12. The average Bonchev–Trinajstić information content (AvgIpc) is 3.43. The highest BCUT2D eigenvalue weighted by molar-refractivity contribution is 5.92. The molecule has 3 unspecified atom stereocenters. The Balaban J connectivity index is 1.86. The Morgan fingerprint density at radius 1 is 1.00 bits per heavy atom. The van der Waals surface area contributed by atoms with Gasteiger partial charge >= 0.3 is 5.97 Å². The van der Waals surface area contributed by atoms with Crippen LogP contribution in [0.1, 0.15) is 25.2 Å². The van der Waals surface area contributed by atoms with E-state index in [-0.39, 0.29) is 18.8 Å². The Morgan fingerprint density at radius 2 is 1.59 bits per heavy atom. The number of imidazole rings is 2. The number of aromatic amines is 2. The number of nitrogens with two attached hydrogens (primary N) is 1. The molecule has 3 atom stereocenters. The van der Waals surface area contributed by atoms with Gasteiger partial charge in [-0.2, -0.15) is 0 Å². The molecule has 13 heteroatoms. The minimum atomic E-state index is -1.22. The van der Waals surface area contributed by atoms with E-state index in [9.17, 15) is 24.3 Å². The fourth-order valence-corrected chi connectivity index (χ4v) is 2.86. The lowest BCUT2D eigenvalue weighted by Gasteiger charge is -2.23. The molecule has 2 rings (SSSR count). The smallest absolute Gasteiger partial charge is 0.326 e. The second-order valence-electron chi connectivity index (χ2n) is 7.57. The summed E-state index contributed by atoms with van der Waals surface area (Å²) in [6.45, 7) is 3.01. The molecule has 0 aliphatic rings. The van der Waals surface area contributed by atoms with Crippen LogP contribution >= 0.6 is 0 Å². The molecule has 0 bridgehead atoms. The molecule has 2 aromatic heterocycles. The van der Waals surface area contributed by atoms with E-state index in [4.69, 9.17) is 5.73 Å². The molecule has 13 nitrogen and oxygen atoms in total. The molecule has 32 heavy (non-hydrogen) atoms. The van der Waals surface area contributed by atoms with Gasteiger partial charge in [-0.3, -0.25) is 14.4 Å². The minimum absolute atomic E-state index is 0.00785. The number of nitrogens with zero attached hydrogens (tertiary/aromatic N) is 2. The summed E-state index contributed by atoms with van der Waals surface area (Å²) in [5, 5.41) is 16.7. The van der Waals surface area contributed by atoms with Crippen molar-refractivity contribution in [3.05, 3.63) is 36.4 Å². The Labute approximate surface area is 184 Å². The number of hydrogen-bond donors (Lipinski definition) is 7. The zero-order chi connectivity index (χ0) is 23.7. The van der Waals surface area contributed by atoms with Crippen LogP contribution in [0, 0.1) is 5.92 Å². The minimum Gasteiger partial charge on any atom is -0.480 e. The van der Waals surface area contributed by atoms with Crippen molar-refractivity contribution in [2.75, 3.05) is 6.54 Å². The third kappa shape index (κ3) is 7.50. The first kappa shape index (κ1) is 24.5. The molecular formula is C19H28N8O5. The van der Waals surface area contributed by atoms with E-state index in [1.165, 1.54) is 18.9 Å². The second-order valence-corrected chi connectivity index (χ2v) is 7.57. The number of hydrogen-bond acceptors (Lipinski definition) is 7. The lowest BCUT2D eigenvalue weighted by Crippen LogP contribution is -2.55. The van der Waals surface area contributed by atoms with Crippen LogP contribution in [-0.4, -0.2) is 73.4 Å². The first-order valence-corrected chi connectivity index (χ1v) is 9.97. The van der Waals surface area contributed by atoms with E-state index in [1.54, 1.807) is 20.0 Å². The van der Waals surface area contributed by atoms with Crippen molar-refractivity contribution in [2.24, 2.45) is 11.7 Å². The molecule has 0 spiro atoms. The van der Waals surface area contributed by atoms with Crippen molar-refractivity contribution >= 4 is 23.7 Å². The average molecular weight is 448 g/mol. The summed E-state index contributed by atoms with van der Waals surface area (Å²) in [7, 11) is 0. The Kier molecular flexibility index (Phi) is 8.89. The number of amides is 3. The van der Waals surface area contributed by atoms with Gasteiger partial charge in [-0.1, -0.05) is 13.8 Å². The van der Waals surface area contributed by atoms with E-state index >= 15 is 0 Å². The van der Waals surface area contributed by atoms with Crippen LogP contribution < -0.4 is 21.7 Å². The van der Waals surface area contributed by atoms with E-state index in [0.717, 1.165) is 0 Å². The standard InChI is InChI=1S/C19H28N8O5/c1-10(2)16(27-17(29)13(20)3-11-5-21-8-24-11)18(30)23-7-15(28)26-14(19(31)32)4-12-6-22-9-25-12/h5-6,8-10,13-14,16H,3-4,7,20H2,1-2H3,(H,21,24)(H,22,25)(H,23,30)(H,26,28)(H,27,29)(H,31,32). The molecule has 174 valence electrons. The summed E-state index contributed by atoms with van der Waals surface area (Å²) in [5.41, 5.74) is 7.12. The van der Waals surface area contributed by atoms with Gasteiger partial charge in [0.05, 0.1) is 25.2 Å². The van der Waals surface area contributed by atoms with Gasteiger partial charge in [0, 0.05) is 36.6 Å². The summed E-state index contributed by atoms with van der Waals surface area (Å²) >= 11 is 0. The van der Waals surface area contributed by atoms with Gasteiger partial charge in [0.15, 0.2) is 0 Å². The van der Waals surface area contributed by atoms with Crippen molar-refractivity contribution in [1.29, 1.82) is 0 Å². The maximum Gasteiger partial charge on any atom is 0.326 e. The third-order valence-electron chi connectivity index (χ3n) is 4.61. The van der Waals surface area contributed by atoms with Gasteiger partial charge in [0.2, 0.25) is 17.7 Å². The summed E-state index contributed by atoms with van der Waals surface area (Å²) < 4.78 is 0. The second kappa shape index (κ2) is 11.6. The Morgan fingerprint density at radius 3 is 2.09 bits per heavy atom. The number of nitrogens with one attached hydrogen (secondary N) is 5. The number of carbonyl (C=O) groups is 4. The molecule has 8 N–H and O–H groups in total. The molecule has 0 fully saturated rings.